The Morgan fingerprint density at radius 3 is 2.68 bits per heavy atom. The Bertz CT molecular complexity index is 1070. The predicted molar refractivity (Wildman–Crippen MR) is 101 cm³/mol. The van der Waals surface area contributed by atoms with E-state index in [1.54, 1.807) is 7.11 Å². The summed E-state index contributed by atoms with van der Waals surface area (Å²) in [4.78, 5) is 4.63. The maximum Gasteiger partial charge on any atom is 0.145 e. The number of aromatic nitrogens is 2. The maximum absolute atomic E-state index is 9.46. The predicted octanol–water partition coefficient (Wildman–Crippen LogP) is 4.03. The Hall–Kier alpha value is -2.85. The van der Waals surface area contributed by atoms with Gasteiger partial charge in [0.15, 0.2) is 0 Å². The average Bonchev–Trinajstić information content (AvgIpc) is 3.01. The van der Waals surface area contributed by atoms with Gasteiger partial charge in [-0.25, -0.2) is 0 Å². The highest BCUT2D eigenvalue weighted by atomic mass is 16.5. The first-order valence-electron chi connectivity index (χ1n) is 8.37. The van der Waals surface area contributed by atoms with Crippen LogP contribution in [0.2, 0.25) is 0 Å². The van der Waals surface area contributed by atoms with E-state index in [4.69, 9.17) is 4.74 Å². The molecule has 0 saturated carbocycles. The largest absolute Gasteiger partial charge is 0.494 e. The molecule has 4 heteroatoms. The van der Waals surface area contributed by atoms with Crippen LogP contribution in [0, 0.1) is 6.92 Å². The second kappa shape index (κ2) is 6.22. The van der Waals surface area contributed by atoms with Crippen LogP contribution in [0.1, 0.15) is 11.1 Å². The summed E-state index contributed by atoms with van der Waals surface area (Å²) in [6, 6.07) is 14.3. The van der Waals surface area contributed by atoms with E-state index in [-0.39, 0.29) is 6.61 Å². The van der Waals surface area contributed by atoms with Gasteiger partial charge in [-0.3, -0.25) is 4.98 Å². The zero-order valence-corrected chi connectivity index (χ0v) is 14.4. The van der Waals surface area contributed by atoms with Crippen molar-refractivity contribution in [2.75, 3.05) is 13.7 Å². The molecule has 2 heterocycles. The number of aryl methyl sites for hydroxylation is 1. The third kappa shape index (κ3) is 2.46. The Kier molecular flexibility index (Phi) is 3.90. The van der Waals surface area contributed by atoms with Gasteiger partial charge in [0.05, 0.1) is 12.6 Å². The van der Waals surface area contributed by atoms with Crippen LogP contribution >= 0.6 is 0 Å². The lowest BCUT2D eigenvalue weighted by atomic mass is 10.1. The van der Waals surface area contributed by atoms with Gasteiger partial charge in [0.1, 0.15) is 11.3 Å². The zero-order valence-electron chi connectivity index (χ0n) is 14.4. The molecule has 126 valence electrons. The first-order valence-corrected chi connectivity index (χ1v) is 8.37. The summed E-state index contributed by atoms with van der Waals surface area (Å²) >= 11 is 0. The summed E-state index contributed by atoms with van der Waals surface area (Å²) in [6.45, 7) is 2.22. The number of hydrogen-bond acceptors (Lipinski definition) is 3. The van der Waals surface area contributed by atoms with Gasteiger partial charge in [0, 0.05) is 35.5 Å². The summed E-state index contributed by atoms with van der Waals surface area (Å²) in [6.07, 6.45) is 4.61. The fourth-order valence-electron chi connectivity index (χ4n) is 3.47. The SMILES string of the molecule is COc1cccc2c1ncc1c(CCO)cn(-c3ccccc3C)c12. The quantitative estimate of drug-likeness (QED) is 0.614. The molecule has 4 nitrogen and oxygen atoms in total. The lowest BCUT2D eigenvalue weighted by Gasteiger charge is -2.11. The van der Waals surface area contributed by atoms with Crippen molar-refractivity contribution < 1.29 is 9.84 Å². The number of ether oxygens (including phenoxy) is 1. The molecule has 0 spiro atoms. The molecule has 0 aliphatic rings. The molecule has 1 N–H and O–H groups in total. The van der Waals surface area contributed by atoms with E-state index in [1.165, 1.54) is 5.56 Å². The van der Waals surface area contributed by atoms with E-state index in [0.717, 1.165) is 38.8 Å². The number of methoxy groups -OCH3 is 1. The molecule has 0 atom stereocenters. The molecule has 0 fully saturated rings. The number of hydrogen-bond donors (Lipinski definition) is 1. The number of para-hydroxylation sites is 2. The molecule has 25 heavy (non-hydrogen) atoms. The molecule has 2 aromatic heterocycles. The number of aliphatic hydroxyl groups is 1. The van der Waals surface area contributed by atoms with Crippen LogP contribution in [0.4, 0.5) is 0 Å². The molecular weight excluding hydrogens is 312 g/mol. The average molecular weight is 332 g/mol. The fraction of sp³-hybridized carbons (Fsp3) is 0.190. The van der Waals surface area contributed by atoms with Gasteiger partial charge in [0.2, 0.25) is 0 Å². The number of aliphatic hydroxyl groups excluding tert-OH is 1. The standard InChI is InChI=1S/C21H20N2O2/c1-14-6-3-4-8-18(14)23-13-15(10-11-24)17-12-22-20-16(21(17)23)7-5-9-19(20)25-2/h3-9,12-13,24H,10-11H2,1-2H3. The summed E-state index contributed by atoms with van der Waals surface area (Å²) < 4.78 is 7.70. The molecule has 2 aromatic carbocycles. The van der Waals surface area contributed by atoms with Crippen LogP contribution < -0.4 is 4.74 Å². The molecule has 0 aliphatic heterocycles. The van der Waals surface area contributed by atoms with Gasteiger partial charge < -0.3 is 14.4 Å². The van der Waals surface area contributed by atoms with Gasteiger partial charge in [-0.05, 0) is 36.6 Å². The van der Waals surface area contributed by atoms with Gasteiger partial charge >= 0.3 is 0 Å². The highest BCUT2D eigenvalue weighted by Crippen LogP contribution is 2.34. The van der Waals surface area contributed by atoms with E-state index in [9.17, 15) is 5.11 Å². The molecule has 0 saturated heterocycles. The van der Waals surface area contributed by atoms with Crippen molar-refractivity contribution in [1.82, 2.24) is 9.55 Å². The van der Waals surface area contributed by atoms with Crippen molar-refractivity contribution >= 4 is 21.8 Å². The molecule has 0 amide bonds. The summed E-state index contributed by atoms with van der Waals surface area (Å²) in [7, 11) is 1.66. The first-order chi connectivity index (χ1) is 12.2. The number of rotatable bonds is 4. The van der Waals surface area contributed by atoms with Crippen molar-refractivity contribution in [2.45, 2.75) is 13.3 Å². The molecule has 4 rings (SSSR count). The number of pyridine rings is 1. The van der Waals surface area contributed by atoms with E-state index in [1.807, 2.05) is 30.5 Å². The van der Waals surface area contributed by atoms with E-state index in [2.05, 4.69) is 40.9 Å². The maximum atomic E-state index is 9.46. The van der Waals surface area contributed by atoms with Crippen molar-refractivity contribution in [3.05, 3.63) is 66.0 Å². The zero-order chi connectivity index (χ0) is 17.4. The van der Waals surface area contributed by atoms with Crippen LogP contribution in [-0.4, -0.2) is 28.4 Å². The molecule has 0 aliphatic carbocycles. The highest BCUT2D eigenvalue weighted by molar-refractivity contribution is 6.07. The van der Waals surface area contributed by atoms with Crippen molar-refractivity contribution in [1.29, 1.82) is 0 Å². The number of benzene rings is 2. The van der Waals surface area contributed by atoms with E-state index in [0.29, 0.717) is 6.42 Å². The summed E-state index contributed by atoms with van der Waals surface area (Å²) in [5, 5.41) is 11.6. The Labute approximate surface area is 146 Å². The topological polar surface area (TPSA) is 47.3 Å². The first kappa shape index (κ1) is 15.7. The number of nitrogens with zero attached hydrogens (tertiary/aromatic N) is 2. The molecule has 0 unspecified atom stereocenters. The second-order valence-corrected chi connectivity index (χ2v) is 6.16. The second-order valence-electron chi connectivity index (χ2n) is 6.16. The van der Waals surface area contributed by atoms with Crippen molar-refractivity contribution in [3.8, 4) is 11.4 Å². The minimum absolute atomic E-state index is 0.114. The van der Waals surface area contributed by atoms with Crippen molar-refractivity contribution in [3.63, 3.8) is 0 Å². The lowest BCUT2D eigenvalue weighted by molar-refractivity contribution is 0.300. The summed E-state index contributed by atoms with van der Waals surface area (Å²) in [5.74, 6) is 0.764. The minimum atomic E-state index is 0.114. The summed E-state index contributed by atoms with van der Waals surface area (Å²) in [5.41, 5.74) is 5.37. The number of fused-ring (bicyclic) bond motifs is 3. The normalized spacial score (nSPS) is 11.3. The van der Waals surface area contributed by atoms with Gasteiger partial charge in [-0.2, -0.15) is 0 Å². The Morgan fingerprint density at radius 1 is 1.08 bits per heavy atom. The molecular formula is C21H20N2O2. The minimum Gasteiger partial charge on any atom is -0.494 e. The monoisotopic (exact) mass is 332 g/mol. The smallest absolute Gasteiger partial charge is 0.145 e. The van der Waals surface area contributed by atoms with Crippen LogP contribution in [0.15, 0.2) is 54.9 Å². The molecule has 0 bridgehead atoms. The molecule has 4 aromatic rings. The molecule has 0 radical (unpaired) electrons. The van der Waals surface area contributed by atoms with Crippen LogP contribution in [0.5, 0.6) is 5.75 Å². The van der Waals surface area contributed by atoms with Gasteiger partial charge in [-0.1, -0.05) is 30.3 Å². The van der Waals surface area contributed by atoms with Crippen molar-refractivity contribution in [2.24, 2.45) is 0 Å². The lowest BCUT2D eigenvalue weighted by Crippen LogP contribution is -1.96. The van der Waals surface area contributed by atoms with Gasteiger partial charge in [0.25, 0.3) is 0 Å². The Balaban J connectivity index is 2.14. The highest BCUT2D eigenvalue weighted by Gasteiger charge is 2.16. The fourth-order valence-corrected chi connectivity index (χ4v) is 3.47. The third-order valence-corrected chi connectivity index (χ3v) is 4.68. The van der Waals surface area contributed by atoms with E-state index < -0.39 is 0 Å². The van der Waals surface area contributed by atoms with Gasteiger partial charge in [-0.15, -0.1) is 0 Å². The Morgan fingerprint density at radius 2 is 1.92 bits per heavy atom. The third-order valence-electron chi connectivity index (χ3n) is 4.68. The van der Waals surface area contributed by atoms with E-state index >= 15 is 0 Å². The van der Waals surface area contributed by atoms with Crippen LogP contribution in [0.3, 0.4) is 0 Å². The van der Waals surface area contributed by atoms with Crippen LogP contribution in [0.25, 0.3) is 27.5 Å². The van der Waals surface area contributed by atoms with Crippen LogP contribution in [-0.2, 0) is 6.42 Å².